The number of amides is 1. The Morgan fingerprint density at radius 3 is 2.37 bits per heavy atom. The third-order valence-electron chi connectivity index (χ3n) is 3.32. The molecule has 112 valence electrons. The second-order valence-electron chi connectivity index (χ2n) is 6.35. The van der Waals surface area contributed by atoms with Crippen molar-refractivity contribution in [1.82, 2.24) is 4.90 Å². The van der Waals surface area contributed by atoms with E-state index >= 15 is 0 Å². The summed E-state index contributed by atoms with van der Waals surface area (Å²) in [5.41, 5.74) is 3.37. The van der Waals surface area contributed by atoms with Crippen molar-refractivity contribution in [3.05, 3.63) is 0 Å². The van der Waals surface area contributed by atoms with Crippen molar-refractivity contribution in [2.45, 2.75) is 70.6 Å². The molecular weight excluding hydrogens is 254 g/mol. The van der Waals surface area contributed by atoms with Crippen molar-refractivity contribution < 1.29 is 18.3 Å². The Hall–Kier alpha value is -0.910. The molecule has 19 heavy (non-hydrogen) atoms. The van der Waals surface area contributed by atoms with Crippen LogP contribution in [-0.2, 0) is 4.74 Å². The minimum absolute atomic E-state index is 0.416. The maximum Gasteiger partial charge on any atom is 0.410 e. The van der Waals surface area contributed by atoms with Gasteiger partial charge in [-0.15, -0.1) is 0 Å². The predicted molar refractivity (Wildman–Crippen MR) is 69.2 cm³/mol. The molecule has 1 amide bonds. The van der Waals surface area contributed by atoms with Gasteiger partial charge in [0.05, 0.1) is 11.6 Å². The molecule has 6 heteroatoms. The second kappa shape index (κ2) is 5.61. The number of carbonyl (C=O) groups is 1. The normalized spacial score (nSPS) is 24.2. The number of ether oxygens (including phenoxy) is 1. The van der Waals surface area contributed by atoms with Gasteiger partial charge in [0.2, 0.25) is 0 Å². The van der Waals surface area contributed by atoms with Gasteiger partial charge in [0, 0.05) is 6.54 Å². The molecule has 0 aromatic carbocycles. The molecule has 0 aromatic heterocycles. The van der Waals surface area contributed by atoms with Crippen LogP contribution in [0.25, 0.3) is 0 Å². The summed E-state index contributed by atoms with van der Waals surface area (Å²) in [5, 5.41) is 0. The van der Waals surface area contributed by atoms with Crippen molar-refractivity contribution in [2.75, 3.05) is 6.54 Å². The summed E-state index contributed by atoms with van der Waals surface area (Å²) in [4.78, 5) is 13.5. The number of nitrogens with zero attached hydrogens (tertiary/aromatic N) is 1. The average Bonchev–Trinajstić information content (AvgIpc) is 2.26. The van der Waals surface area contributed by atoms with Crippen LogP contribution >= 0.6 is 0 Å². The van der Waals surface area contributed by atoms with Crippen LogP contribution in [0.4, 0.5) is 13.6 Å². The minimum Gasteiger partial charge on any atom is -0.444 e. The highest BCUT2D eigenvalue weighted by atomic mass is 19.3. The number of alkyl halides is 2. The van der Waals surface area contributed by atoms with E-state index in [2.05, 4.69) is 0 Å². The number of rotatable bonds is 2. The first-order valence-corrected chi connectivity index (χ1v) is 6.62. The van der Waals surface area contributed by atoms with E-state index in [0.29, 0.717) is 13.0 Å². The van der Waals surface area contributed by atoms with E-state index in [1.54, 1.807) is 20.8 Å². The van der Waals surface area contributed by atoms with Crippen LogP contribution < -0.4 is 5.73 Å². The molecule has 1 fully saturated rings. The Morgan fingerprint density at radius 2 is 1.89 bits per heavy atom. The van der Waals surface area contributed by atoms with E-state index in [4.69, 9.17) is 10.5 Å². The third-order valence-corrected chi connectivity index (χ3v) is 3.32. The van der Waals surface area contributed by atoms with Crippen LogP contribution in [0, 0.1) is 0 Å². The first-order valence-electron chi connectivity index (χ1n) is 6.62. The van der Waals surface area contributed by atoms with Gasteiger partial charge < -0.3 is 15.4 Å². The molecule has 1 saturated heterocycles. The van der Waals surface area contributed by atoms with Gasteiger partial charge in [0.25, 0.3) is 6.43 Å². The van der Waals surface area contributed by atoms with Crippen LogP contribution in [-0.4, -0.2) is 41.1 Å². The van der Waals surface area contributed by atoms with Crippen LogP contribution in [0.2, 0.25) is 0 Å². The number of hydrogen-bond donors (Lipinski definition) is 1. The fraction of sp³-hybridized carbons (Fsp3) is 0.923. The number of carbonyl (C=O) groups excluding carboxylic acids is 1. The van der Waals surface area contributed by atoms with Gasteiger partial charge in [0.15, 0.2) is 0 Å². The average molecular weight is 278 g/mol. The number of nitrogens with two attached hydrogens (primary N) is 1. The van der Waals surface area contributed by atoms with E-state index in [1.807, 2.05) is 0 Å². The van der Waals surface area contributed by atoms with Crippen LogP contribution in [0.1, 0.15) is 47.0 Å². The highest BCUT2D eigenvalue weighted by molar-refractivity contribution is 5.69. The summed E-state index contributed by atoms with van der Waals surface area (Å²) in [6, 6.07) is -0.684. The smallest absolute Gasteiger partial charge is 0.410 e. The number of halogens is 2. The van der Waals surface area contributed by atoms with Crippen molar-refractivity contribution in [3.63, 3.8) is 0 Å². The largest absolute Gasteiger partial charge is 0.444 e. The Labute approximate surface area is 113 Å². The third kappa shape index (κ3) is 4.03. The molecule has 1 aliphatic rings. The van der Waals surface area contributed by atoms with Crippen LogP contribution in [0.15, 0.2) is 0 Å². The Balaban J connectivity index is 2.87. The first-order chi connectivity index (χ1) is 8.55. The summed E-state index contributed by atoms with van der Waals surface area (Å²) >= 11 is 0. The van der Waals surface area contributed by atoms with Gasteiger partial charge in [0.1, 0.15) is 5.60 Å². The standard InChI is InChI=1S/C13H24F2N2O2/c1-12(2,3)19-11(18)17-8-6-5-7-9(17)13(4,16)10(14)15/h9-10H,5-8,16H2,1-4H3. The molecule has 2 atom stereocenters. The lowest BCUT2D eigenvalue weighted by Gasteiger charge is -2.44. The molecule has 2 unspecified atom stereocenters. The molecule has 0 aromatic rings. The predicted octanol–water partition coefficient (Wildman–Crippen LogP) is 2.76. The monoisotopic (exact) mass is 278 g/mol. The topological polar surface area (TPSA) is 55.6 Å². The molecular formula is C13H24F2N2O2. The van der Waals surface area contributed by atoms with E-state index in [1.165, 1.54) is 11.8 Å². The van der Waals surface area contributed by atoms with Crippen LogP contribution in [0.5, 0.6) is 0 Å². The quantitative estimate of drug-likeness (QED) is 0.845. The molecule has 1 heterocycles. The van der Waals surface area contributed by atoms with Crippen molar-refractivity contribution >= 4 is 6.09 Å². The van der Waals surface area contributed by atoms with Gasteiger partial charge in [-0.2, -0.15) is 0 Å². The molecule has 0 bridgehead atoms. The fourth-order valence-electron chi connectivity index (χ4n) is 2.26. The Morgan fingerprint density at radius 1 is 1.32 bits per heavy atom. The van der Waals surface area contributed by atoms with Gasteiger partial charge in [-0.1, -0.05) is 0 Å². The molecule has 1 aliphatic heterocycles. The van der Waals surface area contributed by atoms with E-state index in [9.17, 15) is 13.6 Å². The highest BCUT2D eigenvalue weighted by Crippen LogP contribution is 2.30. The summed E-state index contributed by atoms with van der Waals surface area (Å²) in [7, 11) is 0. The van der Waals surface area contributed by atoms with Gasteiger partial charge in [-0.3, -0.25) is 0 Å². The lowest BCUT2D eigenvalue weighted by molar-refractivity contribution is -0.0317. The lowest BCUT2D eigenvalue weighted by Crippen LogP contribution is -2.63. The van der Waals surface area contributed by atoms with E-state index < -0.39 is 29.7 Å². The molecule has 2 N–H and O–H groups in total. The molecule has 0 aliphatic carbocycles. The van der Waals surface area contributed by atoms with Crippen LogP contribution in [0.3, 0.4) is 0 Å². The van der Waals surface area contributed by atoms with Gasteiger partial charge in [-0.05, 0) is 47.0 Å². The fourth-order valence-corrected chi connectivity index (χ4v) is 2.26. The zero-order chi connectivity index (χ0) is 14.8. The first kappa shape index (κ1) is 16.1. The summed E-state index contributed by atoms with van der Waals surface area (Å²) in [6.45, 7) is 6.96. The zero-order valence-electron chi connectivity index (χ0n) is 12.1. The molecule has 0 spiro atoms. The Bertz CT molecular complexity index is 327. The van der Waals surface area contributed by atoms with E-state index in [-0.39, 0.29) is 0 Å². The van der Waals surface area contributed by atoms with Crippen molar-refractivity contribution in [3.8, 4) is 0 Å². The second-order valence-corrected chi connectivity index (χ2v) is 6.35. The summed E-state index contributed by atoms with van der Waals surface area (Å²) in [6.07, 6.45) is -1.18. The summed E-state index contributed by atoms with van der Waals surface area (Å²) in [5.74, 6) is 0. The highest BCUT2D eigenvalue weighted by Gasteiger charge is 2.45. The number of hydrogen-bond acceptors (Lipinski definition) is 3. The molecule has 4 nitrogen and oxygen atoms in total. The van der Waals surface area contributed by atoms with E-state index in [0.717, 1.165) is 12.8 Å². The lowest BCUT2D eigenvalue weighted by atomic mass is 9.86. The zero-order valence-corrected chi connectivity index (χ0v) is 12.1. The molecule has 1 rings (SSSR count). The molecule has 0 saturated carbocycles. The van der Waals surface area contributed by atoms with Crippen molar-refractivity contribution in [2.24, 2.45) is 5.73 Å². The maximum absolute atomic E-state index is 13.1. The minimum atomic E-state index is -2.68. The van der Waals surface area contributed by atoms with Gasteiger partial charge in [-0.25, -0.2) is 13.6 Å². The SMILES string of the molecule is CC(C)(C)OC(=O)N1CCCCC1C(C)(N)C(F)F. The van der Waals surface area contributed by atoms with Gasteiger partial charge >= 0.3 is 6.09 Å². The maximum atomic E-state index is 13.1. The molecule has 0 radical (unpaired) electrons. The van der Waals surface area contributed by atoms with Crippen molar-refractivity contribution in [1.29, 1.82) is 0 Å². The number of likely N-dealkylation sites (tertiary alicyclic amines) is 1. The number of piperidine rings is 1. The summed E-state index contributed by atoms with van der Waals surface area (Å²) < 4.78 is 31.4. The Kier molecular flexibility index (Phi) is 4.76.